The van der Waals surface area contributed by atoms with Crippen molar-refractivity contribution in [2.45, 2.75) is 36.3 Å². The van der Waals surface area contributed by atoms with Crippen molar-refractivity contribution in [2.24, 2.45) is 0 Å². The number of hydrogen-bond acceptors (Lipinski definition) is 6. The predicted octanol–water partition coefficient (Wildman–Crippen LogP) is 6.47. The highest BCUT2D eigenvalue weighted by molar-refractivity contribution is 7.90. The lowest BCUT2D eigenvalue weighted by Crippen LogP contribution is -2.13. The molecular weight excluding hydrogens is 521 g/mol. The van der Waals surface area contributed by atoms with Gasteiger partial charge in [0.1, 0.15) is 22.3 Å². The Kier molecular flexibility index (Phi) is 7.15. The van der Waals surface area contributed by atoms with Crippen molar-refractivity contribution >= 4 is 21.2 Å². The third-order valence-corrected chi connectivity index (χ3v) is 9.22. The molecule has 0 aliphatic carbocycles. The molecule has 0 amide bonds. The molecule has 2 aromatic carbocycles. The van der Waals surface area contributed by atoms with E-state index in [0.29, 0.717) is 25.0 Å². The number of nitrogens with zero attached hydrogens (tertiary/aromatic N) is 2. The molecule has 4 aromatic rings. The molecule has 0 radical (unpaired) electrons. The van der Waals surface area contributed by atoms with Gasteiger partial charge in [-0.3, -0.25) is 4.98 Å². The SMILES string of the molecule is Cc1cc(-c2sc(C3CCOCC3)nc2-c2cccc(CS(=O)(=O)c3cc(F)ccc3F)c2F)ccn1. The Morgan fingerprint density at radius 2 is 1.84 bits per heavy atom. The predicted molar refractivity (Wildman–Crippen MR) is 136 cm³/mol. The lowest BCUT2D eigenvalue weighted by molar-refractivity contribution is 0.0853. The zero-order valence-electron chi connectivity index (χ0n) is 19.9. The first-order valence-electron chi connectivity index (χ1n) is 11.7. The largest absolute Gasteiger partial charge is 0.381 e. The van der Waals surface area contributed by atoms with Gasteiger partial charge in [-0.2, -0.15) is 0 Å². The van der Waals surface area contributed by atoms with Crippen LogP contribution < -0.4 is 0 Å². The van der Waals surface area contributed by atoms with Crippen LogP contribution in [-0.2, 0) is 20.3 Å². The van der Waals surface area contributed by atoms with Crippen molar-refractivity contribution < 1.29 is 26.3 Å². The molecule has 1 fully saturated rings. The normalized spacial score (nSPS) is 14.7. The molecule has 0 saturated carbocycles. The smallest absolute Gasteiger partial charge is 0.185 e. The van der Waals surface area contributed by atoms with Crippen LogP contribution in [-0.4, -0.2) is 31.6 Å². The Morgan fingerprint density at radius 3 is 2.59 bits per heavy atom. The first-order valence-corrected chi connectivity index (χ1v) is 14.2. The summed E-state index contributed by atoms with van der Waals surface area (Å²) in [4.78, 5) is 9.03. The number of aryl methyl sites for hydroxylation is 1. The van der Waals surface area contributed by atoms with Gasteiger partial charge in [0.15, 0.2) is 9.84 Å². The molecule has 3 heterocycles. The number of pyridine rings is 1. The van der Waals surface area contributed by atoms with Crippen molar-refractivity contribution in [3.05, 3.63) is 88.4 Å². The molecule has 2 aromatic heterocycles. The van der Waals surface area contributed by atoms with Crippen molar-refractivity contribution in [1.82, 2.24) is 9.97 Å². The highest BCUT2D eigenvalue weighted by atomic mass is 32.2. The van der Waals surface area contributed by atoms with Crippen LogP contribution in [0.3, 0.4) is 0 Å². The molecule has 192 valence electrons. The highest BCUT2D eigenvalue weighted by Crippen LogP contribution is 2.42. The summed E-state index contributed by atoms with van der Waals surface area (Å²) in [5, 5.41) is 0.863. The van der Waals surface area contributed by atoms with Gasteiger partial charge in [0.25, 0.3) is 0 Å². The molecule has 5 rings (SSSR count). The van der Waals surface area contributed by atoms with Crippen LogP contribution in [0.2, 0.25) is 0 Å². The summed E-state index contributed by atoms with van der Waals surface area (Å²) in [7, 11) is -4.36. The number of halogens is 3. The lowest BCUT2D eigenvalue weighted by Gasteiger charge is -2.19. The molecular formula is C27H23F3N2O3S2. The summed E-state index contributed by atoms with van der Waals surface area (Å²) in [6.07, 6.45) is 3.29. The Bertz CT molecular complexity index is 1570. The highest BCUT2D eigenvalue weighted by Gasteiger charge is 2.27. The van der Waals surface area contributed by atoms with Gasteiger partial charge in [0.2, 0.25) is 0 Å². The first-order chi connectivity index (χ1) is 17.7. The fourth-order valence-electron chi connectivity index (χ4n) is 4.39. The van der Waals surface area contributed by atoms with E-state index in [1.807, 2.05) is 19.1 Å². The Labute approximate surface area is 216 Å². The Hall–Kier alpha value is -3.08. The number of aromatic nitrogens is 2. The lowest BCUT2D eigenvalue weighted by atomic mass is 10.0. The molecule has 0 unspecified atom stereocenters. The van der Waals surface area contributed by atoms with Gasteiger partial charge in [0, 0.05) is 42.1 Å². The maximum atomic E-state index is 15.9. The van der Waals surface area contributed by atoms with Gasteiger partial charge >= 0.3 is 0 Å². The van der Waals surface area contributed by atoms with Crippen molar-refractivity contribution in [3.63, 3.8) is 0 Å². The average molecular weight is 545 g/mol. The Morgan fingerprint density at radius 1 is 1.05 bits per heavy atom. The number of benzene rings is 2. The van der Waals surface area contributed by atoms with Crippen molar-refractivity contribution in [1.29, 1.82) is 0 Å². The zero-order valence-corrected chi connectivity index (χ0v) is 21.5. The minimum Gasteiger partial charge on any atom is -0.381 e. The summed E-state index contributed by atoms with van der Waals surface area (Å²) in [6.45, 7) is 3.12. The molecule has 1 aliphatic heterocycles. The monoisotopic (exact) mass is 544 g/mol. The minimum atomic E-state index is -4.36. The van der Waals surface area contributed by atoms with Crippen molar-refractivity contribution in [3.8, 4) is 21.7 Å². The molecule has 0 bridgehead atoms. The first kappa shape index (κ1) is 25.6. The summed E-state index contributed by atoms with van der Waals surface area (Å²) >= 11 is 1.48. The van der Waals surface area contributed by atoms with Crippen molar-refractivity contribution in [2.75, 3.05) is 13.2 Å². The standard InChI is InChI=1S/C27H23F3N2O3S2/c1-16-13-18(7-10-31-16)26-25(32-27(36-26)17-8-11-35-12-9-17)21-4-2-3-19(24(21)30)15-37(33,34)23-14-20(28)5-6-22(23)29/h2-7,10,13-14,17H,8-9,11-12,15H2,1H3. The van der Waals surface area contributed by atoms with E-state index in [1.54, 1.807) is 18.3 Å². The number of rotatable bonds is 6. The second-order valence-corrected chi connectivity index (χ2v) is 11.9. The molecule has 37 heavy (non-hydrogen) atoms. The summed E-state index contributed by atoms with van der Waals surface area (Å²) in [5.74, 6) is -3.40. The third kappa shape index (κ3) is 5.32. The average Bonchev–Trinajstić information content (AvgIpc) is 3.32. The molecule has 10 heteroatoms. The van der Waals surface area contributed by atoms with Gasteiger partial charge in [-0.15, -0.1) is 11.3 Å². The Balaban J connectivity index is 1.59. The quantitative estimate of drug-likeness (QED) is 0.278. The molecule has 1 aliphatic rings. The van der Waals surface area contributed by atoms with Crippen LogP contribution in [0.25, 0.3) is 21.7 Å². The summed E-state index contributed by atoms with van der Waals surface area (Å²) in [6, 6.07) is 10.3. The second-order valence-electron chi connectivity index (χ2n) is 8.91. The van der Waals surface area contributed by atoms with E-state index in [0.717, 1.165) is 46.1 Å². The molecule has 0 atom stereocenters. The third-order valence-electron chi connectivity index (χ3n) is 6.28. The summed E-state index contributed by atoms with van der Waals surface area (Å²) in [5.41, 5.74) is 2.02. The van der Waals surface area contributed by atoms with Crippen LogP contribution in [0.5, 0.6) is 0 Å². The number of hydrogen-bond donors (Lipinski definition) is 0. The van der Waals surface area contributed by atoms with Crippen LogP contribution in [0, 0.1) is 24.4 Å². The fourth-order valence-corrected chi connectivity index (χ4v) is 7.08. The van der Waals surface area contributed by atoms with E-state index < -0.39 is 37.9 Å². The number of sulfone groups is 1. The zero-order chi connectivity index (χ0) is 26.2. The molecule has 5 nitrogen and oxygen atoms in total. The molecule has 1 saturated heterocycles. The van der Waals surface area contributed by atoms with Gasteiger partial charge in [0.05, 0.1) is 21.3 Å². The van der Waals surface area contributed by atoms with Crippen LogP contribution in [0.4, 0.5) is 13.2 Å². The van der Waals surface area contributed by atoms with Gasteiger partial charge in [-0.25, -0.2) is 26.6 Å². The van der Waals surface area contributed by atoms with Crippen LogP contribution in [0.15, 0.2) is 59.6 Å². The van der Waals surface area contributed by atoms with Crippen LogP contribution in [0.1, 0.15) is 35.0 Å². The topological polar surface area (TPSA) is 69.2 Å². The van der Waals surface area contributed by atoms with Crippen LogP contribution >= 0.6 is 11.3 Å². The van der Waals surface area contributed by atoms with E-state index in [-0.39, 0.29) is 17.0 Å². The summed E-state index contributed by atoms with van der Waals surface area (Å²) < 4.78 is 75.0. The maximum Gasteiger partial charge on any atom is 0.185 e. The maximum absolute atomic E-state index is 15.9. The van der Waals surface area contributed by atoms with Gasteiger partial charge < -0.3 is 4.74 Å². The minimum absolute atomic E-state index is 0.145. The van der Waals surface area contributed by atoms with E-state index in [1.165, 1.54) is 17.4 Å². The van der Waals surface area contributed by atoms with Gasteiger partial charge in [-0.1, -0.05) is 12.1 Å². The molecule has 0 N–H and O–H groups in total. The van der Waals surface area contributed by atoms with Gasteiger partial charge in [-0.05, 0) is 61.7 Å². The van der Waals surface area contributed by atoms with E-state index in [2.05, 4.69) is 4.98 Å². The fraction of sp³-hybridized carbons (Fsp3) is 0.259. The van der Waals surface area contributed by atoms with E-state index in [4.69, 9.17) is 9.72 Å². The second kappa shape index (κ2) is 10.4. The van der Waals surface area contributed by atoms with E-state index >= 15 is 4.39 Å². The number of thiazole rings is 1. The number of ether oxygens (including phenoxy) is 1. The van der Waals surface area contributed by atoms with E-state index in [9.17, 15) is 17.2 Å². The molecule has 0 spiro atoms.